The van der Waals surface area contributed by atoms with E-state index in [1.807, 2.05) is 0 Å². The van der Waals surface area contributed by atoms with Crippen molar-refractivity contribution in [3.8, 4) is 44.5 Å². The molecule has 1 heteroatoms. The Morgan fingerprint density at radius 3 is 1.49 bits per heavy atom. The molecule has 0 atom stereocenters. The van der Waals surface area contributed by atoms with Gasteiger partial charge in [0, 0.05) is 16.8 Å². The first-order chi connectivity index (χ1) is 35.7. The molecule has 0 aliphatic heterocycles. The van der Waals surface area contributed by atoms with Crippen LogP contribution in [-0.4, -0.2) is 0 Å². The van der Waals surface area contributed by atoms with Crippen molar-refractivity contribution in [2.24, 2.45) is 0 Å². The van der Waals surface area contributed by atoms with E-state index in [4.69, 9.17) is 0 Å². The lowest BCUT2D eigenvalue weighted by atomic mass is 9.67. The lowest BCUT2D eigenvalue weighted by Crippen LogP contribution is -2.28. The molecule has 0 unspecified atom stereocenters. The summed E-state index contributed by atoms with van der Waals surface area (Å²) in [5, 5.41) is 9.88. The number of benzene rings is 13. The molecule has 13 aromatic rings. The molecule has 336 valence electrons. The summed E-state index contributed by atoms with van der Waals surface area (Å²) in [5.41, 5.74) is 17.6. The summed E-state index contributed by atoms with van der Waals surface area (Å²) in [5.74, 6) is 0. The number of rotatable bonds is 8. The maximum atomic E-state index is 2.50. The molecule has 0 saturated carbocycles. The largest absolute Gasteiger partial charge is 0.310 e. The van der Waals surface area contributed by atoms with Gasteiger partial charge in [-0.15, -0.1) is 0 Å². The number of anilines is 3. The highest BCUT2D eigenvalue weighted by Crippen LogP contribution is 2.57. The average molecular weight is 914 g/mol. The Morgan fingerprint density at radius 2 is 0.750 bits per heavy atom. The molecule has 0 fully saturated rings. The summed E-state index contributed by atoms with van der Waals surface area (Å²) in [6, 6.07) is 106. The zero-order valence-corrected chi connectivity index (χ0v) is 39.6. The molecule has 1 nitrogen and oxygen atoms in total. The van der Waals surface area contributed by atoms with Crippen LogP contribution < -0.4 is 4.90 Å². The number of hydrogen-bond acceptors (Lipinski definition) is 1. The van der Waals surface area contributed by atoms with Gasteiger partial charge < -0.3 is 4.90 Å². The maximum absolute atomic E-state index is 2.50. The summed E-state index contributed by atoms with van der Waals surface area (Å²) in [7, 11) is 0. The van der Waals surface area contributed by atoms with E-state index in [-0.39, 0.29) is 0 Å². The fourth-order valence-electron chi connectivity index (χ4n) is 12.2. The third kappa shape index (κ3) is 6.48. The molecule has 0 N–H and O–H groups in total. The first-order valence-corrected chi connectivity index (χ1v) is 25.0. The number of fused-ring (bicyclic) bond motifs is 9. The Morgan fingerprint density at radius 1 is 0.250 bits per heavy atom. The maximum Gasteiger partial charge on any atom is 0.0714 e. The minimum absolute atomic E-state index is 0.544. The van der Waals surface area contributed by atoms with E-state index in [0.29, 0.717) is 0 Å². The minimum atomic E-state index is -0.544. The first kappa shape index (κ1) is 41.7. The summed E-state index contributed by atoms with van der Waals surface area (Å²) in [4.78, 5) is 2.50. The predicted molar refractivity (Wildman–Crippen MR) is 305 cm³/mol. The predicted octanol–water partition coefficient (Wildman–Crippen LogP) is 19.1. The Balaban J connectivity index is 1.02. The van der Waals surface area contributed by atoms with E-state index in [1.165, 1.54) is 98.7 Å². The van der Waals surface area contributed by atoms with Crippen LogP contribution in [0.1, 0.15) is 22.3 Å². The third-order valence-electron chi connectivity index (χ3n) is 15.3. The van der Waals surface area contributed by atoms with Crippen molar-refractivity contribution in [1.29, 1.82) is 0 Å². The van der Waals surface area contributed by atoms with Crippen LogP contribution in [0, 0.1) is 0 Å². The van der Waals surface area contributed by atoms with Crippen molar-refractivity contribution >= 4 is 60.2 Å². The Labute approximate surface area is 420 Å². The van der Waals surface area contributed by atoms with Gasteiger partial charge in [0.15, 0.2) is 0 Å². The molecule has 14 rings (SSSR count). The normalized spacial score (nSPS) is 12.6. The van der Waals surface area contributed by atoms with Crippen molar-refractivity contribution in [2.45, 2.75) is 5.41 Å². The van der Waals surface area contributed by atoms with Crippen LogP contribution in [-0.2, 0) is 5.41 Å². The monoisotopic (exact) mass is 913 g/mol. The van der Waals surface area contributed by atoms with E-state index >= 15 is 0 Å². The fraction of sp³-hybridized carbons (Fsp3) is 0.0141. The second kappa shape index (κ2) is 17.0. The van der Waals surface area contributed by atoms with E-state index < -0.39 is 5.41 Å². The van der Waals surface area contributed by atoms with Gasteiger partial charge in [0.2, 0.25) is 0 Å². The van der Waals surface area contributed by atoms with Gasteiger partial charge in [0.05, 0.1) is 11.1 Å². The van der Waals surface area contributed by atoms with Crippen molar-refractivity contribution in [1.82, 2.24) is 0 Å². The molecule has 0 bridgehead atoms. The second-order valence-electron chi connectivity index (χ2n) is 19.1. The van der Waals surface area contributed by atoms with Crippen LogP contribution in [0.5, 0.6) is 0 Å². The molecule has 0 radical (unpaired) electrons. The molecule has 1 aliphatic carbocycles. The van der Waals surface area contributed by atoms with Gasteiger partial charge in [-0.1, -0.05) is 249 Å². The van der Waals surface area contributed by atoms with Gasteiger partial charge in [-0.25, -0.2) is 0 Å². The van der Waals surface area contributed by atoms with Crippen LogP contribution >= 0.6 is 0 Å². The summed E-state index contributed by atoms with van der Waals surface area (Å²) in [6.07, 6.45) is 0. The highest BCUT2D eigenvalue weighted by atomic mass is 15.1. The Kier molecular flexibility index (Phi) is 9.82. The van der Waals surface area contributed by atoms with Gasteiger partial charge in [0.25, 0.3) is 0 Å². The Bertz CT molecular complexity index is 4160. The average Bonchev–Trinajstić information content (AvgIpc) is 3.76. The van der Waals surface area contributed by atoms with Gasteiger partial charge in [-0.05, 0) is 141 Å². The summed E-state index contributed by atoms with van der Waals surface area (Å²) >= 11 is 0. The minimum Gasteiger partial charge on any atom is -0.310 e. The van der Waals surface area contributed by atoms with Gasteiger partial charge in [0.1, 0.15) is 0 Å². The zero-order chi connectivity index (χ0) is 47.6. The fourth-order valence-corrected chi connectivity index (χ4v) is 12.2. The topological polar surface area (TPSA) is 3.24 Å². The van der Waals surface area contributed by atoms with Crippen LogP contribution in [0.2, 0.25) is 0 Å². The zero-order valence-electron chi connectivity index (χ0n) is 39.6. The van der Waals surface area contributed by atoms with Crippen molar-refractivity contribution in [3.05, 3.63) is 307 Å². The number of hydrogen-bond donors (Lipinski definition) is 0. The van der Waals surface area contributed by atoms with Crippen molar-refractivity contribution < 1.29 is 0 Å². The molecular weight excluding hydrogens is 867 g/mol. The molecule has 0 heterocycles. The highest BCUT2D eigenvalue weighted by Gasteiger charge is 2.46. The highest BCUT2D eigenvalue weighted by molar-refractivity contribution is 6.22. The molecular formula is C71H47N. The molecule has 72 heavy (non-hydrogen) atoms. The molecule has 0 spiro atoms. The van der Waals surface area contributed by atoms with E-state index in [9.17, 15) is 0 Å². The van der Waals surface area contributed by atoms with Crippen LogP contribution in [0.4, 0.5) is 17.1 Å². The van der Waals surface area contributed by atoms with E-state index in [0.717, 1.165) is 28.2 Å². The molecule has 1 aliphatic rings. The Hall–Kier alpha value is -9.30. The van der Waals surface area contributed by atoms with Gasteiger partial charge >= 0.3 is 0 Å². The second-order valence-corrected chi connectivity index (χ2v) is 19.1. The summed E-state index contributed by atoms with van der Waals surface area (Å²) < 4.78 is 0. The first-order valence-electron chi connectivity index (χ1n) is 25.0. The SMILES string of the molecule is c1ccc(-c2c(-c3ccccc3)c3cc(-c4cccc(N(c5ccc6c(c5)C(c5ccccc5)(c5ccccc5)c5ccccc5-6)c5cccc6c5ccc5ccccc56)c4)ccc3c3ccccc23)cc1. The molecule has 0 aromatic heterocycles. The molecule has 13 aromatic carbocycles. The lowest BCUT2D eigenvalue weighted by molar-refractivity contribution is 0.768. The standard InChI is InChI=1S/C71H47N/c1-5-22-49(23-6-1)69-64-35-16-15-33-59(64)60-42-40-52(46-65(60)70(69)50-24-7-2-8-25-50)51-26-19-31-55(45-51)72(68-38-20-36-58-57-32-14-13-21-48(57)39-43-63(58)68)56-41-44-62-61-34-17-18-37-66(61)71(67(62)47-56,53-27-9-3-10-28-53)54-29-11-4-12-30-54/h1-47H. The molecule has 0 amide bonds. The quantitative estimate of drug-likeness (QED) is 0.137. The molecule has 0 saturated heterocycles. The summed E-state index contributed by atoms with van der Waals surface area (Å²) in [6.45, 7) is 0. The van der Waals surface area contributed by atoms with Crippen LogP contribution in [0.3, 0.4) is 0 Å². The van der Waals surface area contributed by atoms with Gasteiger partial charge in [-0.2, -0.15) is 0 Å². The number of nitrogens with zero attached hydrogens (tertiary/aromatic N) is 1. The van der Waals surface area contributed by atoms with Crippen LogP contribution in [0.15, 0.2) is 285 Å². The van der Waals surface area contributed by atoms with Crippen molar-refractivity contribution in [3.63, 3.8) is 0 Å². The van der Waals surface area contributed by atoms with E-state index in [1.54, 1.807) is 0 Å². The van der Waals surface area contributed by atoms with Crippen molar-refractivity contribution in [2.75, 3.05) is 4.90 Å². The third-order valence-corrected chi connectivity index (χ3v) is 15.3. The lowest BCUT2D eigenvalue weighted by Gasteiger charge is -2.35. The smallest absolute Gasteiger partial charge is 0.0714 e. The van der Waals surface area contributed by atoms with Crippen LogP contribution in [0.25, 0.3) is 87.6 Å². The van der Waals surface area contributed by atoms with E-state index in [2.05, 4.69) is 290 Å². The van der Waals surface area contributed by atoms with Gasteiger partial charge in [-0.3, -0.25) is 0 Å².